The van der Waals surface area contributed by atoms with Gasteiger partial charge in [0.25, 0.3) is 0 Å². The Kier molecular flexibility index (Phi) is 7.45. The number of nitrogens with one attached hydrogen (secondary N) is 1. The van der Waals surface area contributed by atoms with E-state index in [1.165, 1.54) is 0 Å². The molecule has 5 aromatic rings. The molecule has 1 aliphatic rings. The van der Waals surface area contributed by atoms with Gasteiger partial charge in [0, 0.05) is 22.9 Å². The Bertz CT molecular complexity index is 1680. The Labute approximate surface area is 245 Å². The number of hydrogen-bond donors (Lipinski definition) is 1. The smallest absolute Gasteiger partial charge is 0.407 e. The molecule has 42 heavy (non-hydrogen) atoms. The Morgan fingerprint density at radius 2 is 1.76 bits per heavy atom. The molecule has 2 aromatic carbocycles. The molecule has 0 spiro atoms. The molecule has 216 valence electrons. The van der Waals surface area contributed by atoms with Gasteiger partial charge in [0.2, 0.25) is 0 Å². The van der Waals surface area contributed by atoms with Gasteiger partial charge in [0.1, 0.15) is 33.8 Å². The van der Waals surface area contributed by atoms with Crippen LogP contribution in [0.25, 0.3) is 38.9 Å². The van der Waals surface area contributed by atoms with E-state index in [9.17, 15) is 4.79 Å². The van der Waals surface area contributed by atoms with Crippen molar-refractivity contribution >= 4 is 27.8 Å². The number of pyridine rings is 2. The van der Waals surface area contributed by atoms with Gasteiger partial charge in [-0.15, -0.1) is 0 Å². The van der Waals surface area contributed by atoms with E-state index >= 15 is 0 Å². The van der Waals surface area contributed by atoms with Crippen LogP contribution in [0.5, 0.6) is 11.5 Å². The normalized spacial score (nSPS) is 17.2. The van der Waals surface area contributed by atoms with Crippen LogP contribution in [0.1, 0.15) is 46.5 Å². The molecular weight excluding hydrogens is 530 g/mol. The van der Waals surface area contributed by atoms with Crippen molar-refractivity contribution in [3.8, 4) is 28.6 Å². The second-order valence-corrected chi connectivity index (χ2v) is 11.7. The molecule has 6 rings (SSSR count). The summed E-state index contributed by atoms with van der Waals surface area (Å²) >= 11 is 0. The summed E-state index contributed by atoms with van der Waals surface area (Å²) in [5, 5.41) is 5.82. The van der Waals surface area contributed by atoms with Gasteiger partial charge in [-0.25, -0.2) is 9.36 Å². The molecule has 0 bridgehead atoms. The first-order chi connectivity index (χ1) is 20.3. The van der Waals surface area contributed by atoms with Gasteiger partial charge < -0.3 is 23.9 Å². The van der Waals surface area contributed by atoms with Gasteiger partial charge in [0.15, 0.2) is 6.20 Å². The van der Waals surface area contributed by atoms with Gasteiger partial charge in [-0.05, 0) is 81.8 Å². The number of aromatic nitrogens is 2. The number of nitrogens with zero attached hydrogens (tertiary/aromatic N) is 2. The predicted octanol–water partition coefficient (Wildman–Crippen LogP) is 7.15. The summed E-state index contributed by atoms with van der Waals surface area (Å²) in [6.07, 6.45) is 8.71. The number of carbonyl (C=O) groups is 1. The van der Waals surface area contributed by atoms with E-state index in [2.05, 4.69) is 11.4 Å². The third kappa shape index (κ3) is 5.88. The maximum atomic E-state index is 12.2. The van der Waals surface area contributed by atoms with Crippen LogP contribution in [-0.4, -0.2) is 35.9 Å². The van der Waals surface area contributed by atoms with Crippen LogP contribution in [0.2, 0.25) is 0 Å². The standard InChI is InChI=1S/C34H35N3O5/c1-34(2,3)42-33(38)36-23-12-14-24(15-13-23)40-25-19-26-27(29-18-22-10-6-7-11-28(22)41-29)21-35-32(31(26)30(20-25)39-4)37-16-8-5-9-17-37/h5-11,16-21,23-24H,12-15H2,1-4H3/p+1/t23-,24-. The molecule has 3 aromatic heterocycles. The fraction of sp³-hybridized carbons (Fsp3) is 0.324. The topological polar surface area (TPSA) is 86.7 Å². The maximum Gasteiger partial charge on any atom is 0.407 e. The zero-order valence-electron chi connectivity index (χ0n) is 24.4. The quantitative estimate of drug-likeness (QED) is 0.220. The molecule has 0 atom stereocenters. The Morgan fingerprint density at radius 3 is 2.48 bits per heavy atom. The highest BCUT2D eigenvalue weighted by Gasteiger charge is 2.28. The number of furan rings is 1. The van der Waals surface area contributed by atoms with Crippen molar-refractivity contribution in [2.24, 2.45) is 0 Å². The van der Waals surface area contributed by atoms with Crippen molar-refractivity contribution < 1.29 is 28.0 Å². The number of hydrogen-bond acceptors (Lipinski definition) is 6. The van der Waals surface area contributed by atoms with Crippen molar-refractivity contribution in [1.82, 2.24) is 10.3 Å². The average molecular weight is 567 g/mol. The summed E-state index contributed by atoms with van der Waals surface area (Å²) in [7, 11) is 1.67. The molecule has 8 heteroatoms. The summed E-state index contributed by atoms with van der Waals surface area (Å²) in [5.41, 5.74) is 1.16. The number of carbonyl (C=O) groups excluding carboxylic acids is 1. The van der Waals surface area contributed by atoms with E-state index in [-0.39, 0.29) is 18.2 Å². The number of fused-ring (bicyclic) bond motifs is 2. The average Bonchev–Trinajstić information content (AvgIpc) is 3.41. The molecular formula is C34H36N3O5+. The van der Waals surface area contributed by atoms with Crippen LogP contribution >= 0.6 is 0 Å². The Hall–Kier alpha value is -4.59. The minimum atomic E-state index is -0.519. The van der Waals surface area contributed by atoms with Crippen LogP contribution in [0.3, 0.4) is 0 Å². The second kappa shape index (κ2) is 11.4. The molecule has 8 nitrogen and oxygen atoms in total. The fourth-order valence-electron chi connectivity index (χ4n) is 5.56. The van der Waals surface area contributed by atoms with E-state index in [0.29, 0.717) is 5.75 Å². The summed E-state index contributed by atoms with van der Waals surface area (Å²) in [4.78, 5) is 17.1. The van der Waals surface area contributed by atoms with Crippen LogP contribution in [0.4, 0.5) is 4.79 Å². The molecule has 0 radical (unpaired) electrons. The fourth-order valence-corrected chi connectivity index (χ4v) is 5.56. The zero-order chi connectivity index (χ0) is 29.3. The van der Waals surface area contributed by atoms with Gasteiger partial charge in [-0.1, -0.05) is 24.3 Å². The molecule has 1 N–H and O–H groups in total. The van der Waals surface area contributed by atoms with Crippen molar-refractivity contribution in [3.63, 3.8) is 0 Å². The predicted molar refractivity (Wildman–Crippen MR) is 161 cm³/mol. The van der Waals surface area contributed by atoms with Crippen LogP contribution in [0.15, 0.2) is 83.7 Å². The van der Waals surface area contributed by atoms with Gasteiger partial charge in [0.05, 0.1) is 31.2 Å². The molecule has 1 amide bonds. The number of benzene rings is 2. The first kappa shape index (κ1) is 27.6. The van der Waals surface area contributed by atoms with Crippen LogP contribution < -0.4 is 19.4 Å². The third-order valence-electron chi connectivity index (χ3n) is 7.47. The van der Waals surface area contributed by atoms with E-state index in [1.54, 1.807) is 7.11 Å². The van der Waals surface area contributed by atoms with Crippen molar-refractivity contribution in [2.75, 3.05) is 7.11 Å². The van der Waals surface area contributed by atoms with Crippen molar-refractivity contribution in [1.29, 1.82) is 0 Å². The molecule has 3 heterocycles. The van der Waals surface area contributed by atoms with E-state index in [4.69, 9.17) is 23.6 Å². The lowest BCUT2D eigenvalue weighted by Gasteiger charge is -2.30. The number of amides is 1. The highest BCUT2D eigenvalue weighted by molar-refractivity contribution is 6.03. The van der Waals surface area contributed by atoms with Gasteiger partial charge >= 0.3 is 11.9 Å². The number of rotatable bonds is 6. The van der Waals surface area contributed by atoms with Gasteiger partial charge in [-0.3, -0.25) is 0 Å². The summed E-state index contributed by atoms with van der Waals surface area (Å²) in [6, 6.07) is 20.0. The van der Waals surface area contributed by atoms with Crippen molar-refractivity contribution in [2.45, 2.75) is 64.2 Å². The minimum Gasteiger partial charge on any atom is -0.496 e. The van der Waals surface area contributed by atoms with E-state index in [0.717, 1.165) is 70.3 Å². The van der Waals surface area contributed by atoms with E-state index in [1.807, 2.05) is 98.5 Å². The lowest BCUT2D eigenvalue weighted by molar-refractivity contribution is -0.598. The zero-order valence-corrected chi connectivity index (χ0v) is 24.4. The maximum absolute atomic E-state index is 12.2. The molecule has 0 aliphatic heterocycles. The van der Waals surface area contributed by atoms with Crippen LogP contribution in [0, 0.1) is 0 Å². The third-order valence-corrected chi connectivity index (χ3v) is 7.47. The number of methoxy groups -OCH3 is 1. The highest BCUT2D eigenvalue weighted by Crippen LogP contribution is 2.40. The summed E-state index contributed by atoms with van der Waals surface area (Å²) in [6.45, 7) is 5.60. The SMILES string of the molecule is COc1cc(O[C@H]2CC[C@H](NC(=O)OC(C)(C)C)CC2)cc2c(-c3cc4ccccc4o3)cnc(-[n+]3ccccc3)c12. The summed E-state index contributed by atoms with van der Waals surface area (Å²) in [5.74, 6) is 2.86. The van der Waals surface area contributed by atoms with Crippen LogP contribution in [-0.2, 0) is 4.74 Å². The molecule has 1 saturated carbocycles. The molecule has 0 unspecified atom stereocenters. The Morgan fingerprint density at radius 1 is 1.00 bits per heavy atom. The minimum absolute atomic E-state index is 0.0169. The number of para-hydroxylation sites is 1. The monoisotopic (exact) mass is 566 g/mol. The lowest BCUT2D eigenvalue weighted by atomic mass is 9.93. The van der Waals surface area contributed by atoms with E-state index < -0.39 is 5.60 Å². The highest BCUT2D eigenvalue weighted by atomic mass is 16.6. The number of ether oxygens (including phenoxy) is 3. The molecule has 1 aliphatic carbocycles. The Balaban J connectivity index is 1.33. The summed E-state index contributed by atoms with van der Waals surface area (Å²) < 4.78 is 26.2. The van der Waals surface area contributed by atoms with Gasteiger partial charge in [-0.2, -0.15) is 0 Å². The second-order valence-electron chi connectivity index (χ2n) is 11.7. The molecule has 1 fully saturated rings. The lowest BCUT2D eigenvalue weighted by Crippen LogP contribution is -2.42. The first-order valence-electron chi connectivity index (χ1n) is 14.4. The largest absolute Gasteiger partial charge is 0.496 e. The molecule has 0 saturated heterocycles. The first-order valence-corrected chi connectivity index (χ1v) is 14.4. The number of alkyl carbamates (subject to hydrolysis) is 1. The van der Waals surface area contributed by atoms with Crippen molar-refractivity contribution in [3.05, 3.63) is 79.3 Å².